The topological polar surface area (TPSA) is 69.7 Å². The van der Waals surface area contributed by atoms with Crippen molar-refractivity contribution in [3.05, 3.63) is 0 Å². The normalized spacial score (nSPS) is 28.2. The summed E-state index contributed by atoms with van der Waals surface area (Å²) in [6.07, 6.45) is 2.83. The summed E-state index contributed by atoms with van der Waals surface area (Å²) < 4.78 is 23.5. The van der Waals surface area contributed by atoms with Crippen LogP contribution in [0.1, 0.15) is 33.1 Å². The van der Waals surface area contributed by atoms with Gasteiger partial charge in [0, 0.05) is 25.2 Å². The molecule has 2 heterocycles. The Kier molecular flexibility index (Phi) is 6.45. The Labute approximate surface area is 140 Å². The number of nitrogens with one attached hydrogen (secondary N) is 1. The third-order valence-corrected chi connectivity index (χ3v) is 6.55. The van der Waals surface area contributed by atoms with Crippen LogP contribution in [0.25, 0.3) is 0 Å². The number of piperidine rings is 1. The van der Waals surface area contributed by atoms with Crippen LogP contribution in [0.5, 0.6) is 0 Å². The molecule has 0 aromatic rings. The highest BCUT2D eigenvalue weighted by Gasteiger charge is 2.35. The van der Waals surface area contributed by atoms with E-state index in [2.05, 4.69) is 24.1 Å². The van der Waals surface area contributed by atoms with Crippen LogP contribution in [0.2, 0.25) is 0 Å². The molecule has 0 aliphatic carbocycles. The smallest absolute Gasteiger partial charge is 0.237 e. The summed E-state index contributed by atoms with van der Waals surface area (Å²) >= 11 is 0. The largest absolute Gasteiger partial charge is 0.337 e. The van der Waals surface area contributed by atoms with E-state index < -0.39 is 9.84 Å². The predicted molar refractivity (Wildman–Crippen MR) is 92.1 cm³/mol. The van der Waals surface area contributed by atoms with E-state index in [1.54, 1.807) is 0 Å². The first-order valence-electron chi connectivity index (χ1n) is 8.70. The van der Waals surface area contributed by atoms with Gasteiger partial charge in [0.15, 0.2) is 9.84 Å². The Morgan fingerprint density at radius 3 is 2.65 bits per heavy atom. The highest BCUT2D eigenvalue weighted by Crippen LogP contribution is 2.20. The van der Waals surface area contributed by atoms with E-state index in [-0.39, 0.29) is 23.5 Å². The lowest BCUT2D eigenvalue weighted by Crippen LogP contribution is -2.51. The predicted octanol–water partition coefficient (Wildman–Crippen LogP) is 0.342. The SMILES string of the molecule is CNC1CCCN(CC(=O)N(CC(C)C)C2CCS(=O)(=O)C2)C1. The summed E-state index contributed by atoms with van der Waals surface area (Å²) in [6.45, 7) is 7.02. The molecule has 2 unspecified atom stereocenters. The summed E-state index contributed by atoms with van der Waals surface area (Å²) in [6, 6.07) is 0.307. The molecule has 2 rings (SSSR count). The van der Waals surface area contributed by atoms with Crippen LogP contribution < -0.4 is 5.32 Å². The fourth-order valence-electron chi connectivity index (χ4n) is 3.59. The second-order valence-electron chi connectivity index (χ2n) is 7.36. The maximum atomic E-state index is 12.8. The first-order valence-corrected chi connectivity index (χ1v) is 10.5. The fraction of sp³-hybridized carbons (Fsp3) is 0.938. The van der Waals surface area contributed by atoms with Crippen LogP contribution in [0.15, 0.2) is 0 Å². The molecule has 7 heteroatoms. The molecule has 2 aliphatic rings. The van der Waals surface area contributed by atoms with Crippen molar-refractivity contribution >= 4 is 15.7 Å². The average molecular weight is 346 g/mol. The minimum absolute atomic E-state index is 0.0811. The van der Waals surface area contributed by atoms with Gasteiger partial charge in [0.25, 0.3) is 0 Å². The molecule has 0 aromatic heterocycles. The number of carbonyl (C=O) groups is 1. The van der Waals surface area contributed by atoms with Gasteiger partial charge in [0.2, 0.25) is 5.91 Å². The summed E-state index contributed by atoms with van der Waals surface area (Å²) in [4.78, 5) is 16.8. The molecule has 2 saturated heterocycles. The molecule has 0 radical (unpaired) electrons. The first-order chi connectivity index (χ1) is 10.8. The van der Waals surface area contributed by atoms with Crippen LogP contribution in [0, 0.1) is 5.92 Å². The van der Waals surface area contributed by atoms with Crippen molar-refractivity contribution in [2.24, 2.45) is 5.92 Å². The fourth-order valence-corrected chi connectivity index (χ4v) is 5.32. The molecular weight excluding hydrogens is 314 g/mol. The molecule has 0 saturated carbocycles. The van der Waals surface area contributed by atoms with Crippen molar-refractivity contribution < 1.29 is 13.2 Å². The summed E-state index contributed by atoms with van der Waals surface area (Å²) in [5.74, 6) is 0.765. The Hall–Kier alpha value is -0.660. The standard InChI is InChI=1S/C16H31N3O3S/c1-13(2)9-19(15-6-8-23(21,22)12-15)16(20)11-18-7-4-5-14(10-18)17-3/h13-15,17H,4-12H2,1-3H3. The second kappa shape index (κ2) is 7.94. The number of hydrogen-bond donors (Lipinski definition) is 1. The van der Waals surface area contributed by atoms with Crippen LogP contribution >= 0.6 is 0 Å². The summed E-state index contributed by atoms with van der Waals surface area (Å²) in [5.41, 5.74) is 0. The third kappa shape index (κ3) is 5.43. The van der Waals surface area contributed by atoms with Crippen molar-refractivity contribution in [3.8, 4) is 0 Å². The lowest BCUT2D eigenvalue weighted by Gasteiger charge is -2.35. The molecule has 2 aliphatic heterocycles. The molecule has 134 valence electrons. The minimum atomic E-state index is -2.97. The Morgan fingerprint density at radius 2 is 2.09 bits per heavy atom. The highest BCUT2D eigenvalue weighted by molar-refractivity contribution is 7.91. The summed E-state index contributed by atoms with van der Waals surface area (Å²) in [7, 11) is -1.01. The minimum Gasteiger partial charge on any atom is -0.337 e. The van der Waals surface area contributed by atoms with E-state index in [0.717, 1.165) is 25.9 Å². The number of sulfone groups is 1. The number of likely N-dealkylation sites (N-methyl/N-ethyl adjacent to an activating group) is 1. The molecule has 2 atom stereocenters. The zero-order valence-corrected chi connectivity index (χ0v) is 15.4. The van der Waals surface area contributed by atoms with Crippen LogP contribution in [0.3, 0.4) is 0 Å². The molecular formula is C16H31N3O3S. The van der Waals surface area contributed by atoms with Crippen molar-refractivity contribution in [2.45, 2.75) is 45.2 Å². The van der Waals surface area contributed by atoms with Crippen molar-refractivity contribution in [3.63, 3.8) is 0 Å². The van der Waals surface area contributed by atoms with Crippen LogP contribution in [0.4, 0.5) is 0 Å². The molecule has 1 N–H and O–H groups in total. The quantitative estimate of drug-likeness (QED) is 0.752. The molecule has 1 amide bonds. The Bertz CT molecular complexity index is 507. The molecule has 0 bridgehead atoms. The summed E-state index contributed by atoms with van der Waals surface area (Å²) in [5, 5.41) is 3.29. The molecule has 23 heavy (non-hydrogen) atoms. The van der Waals surface area contributed by atoms with E-state index in [1.165, 1.54) is 0 Å². The van der Waals surface area contributed by atoms with Crippen LogP contribution in [-0.4, -0.2) is 80.9 Å². The third-order valence-electron chi connectivity index (χ3n) is 4.80. The number of amides is 1. The number of carbonyl (C=O) groups excluding carboxylic acids is 1. The number of nitrogens with zero attached hydrogens (tertiary/aromatic N) is 2. The molecule has 0 spiro atoms. The Morgan fingerprint density at radius 1 is 1.35 bits per heavy atom. The maximum absolute atomic E-state index is 12.8. The van der Waals surface area contributed by atoms with E-state index >= 15 is 0 Å². The Balaban J connectivity index is 1.99. The van der Waals surface area contributed by atoms with Crippen LogP contribution in [-0.2, 0) is 14.6 Å². The molecule has 2 fully saturated rings. The van der Waals surface area contributed by atoms with E-state index in [9.17, 15) is 13.2 Å². The van der Waals surface area contributed by atoms with Gasteiger partial charge >= 0.3 is 0 Å². The van der Waals surface area contributed by atoms with E-state index in [0.29, 0.717) is 31.5 Å². The van der Waals surface area contributed by atoms with Gasteiger partial charge in [-0.15, -0.1) is 0 Å². The average Bonchev–Trinajstić information content (AvgIpc) is 2.84. The van der Waals surface area contributed by atoms with Gasteiger partial charge in [-0.1, -0.05) is 13.8 Å². The molecule has 6 nitrogen and oxygen atoms in total. The van der Waals surface area contributed by atoms with Crippen molar-refractivity contribution in [1.29, 1.82) is 0 Å². The zero-order chi connectivity index (χ0) is 17.0. The van der Waals surface area contributed by atoms with Gasteiger partial charge in [-0.05, 0) is 38.8 Å². The van der Waals surface area contributed by atoms with Crippen molar-refractivity contribution in [2.75, 3.05) is 44.7 Å². The highest BCUT2D eigenvalue weighted by atomic mass is 32.2. The second-order valence-corrected chi connectivity index (χ2v) is 9.59. The van der Waals surface area contributed by atoms with Gasteiger partial charge in [-0.2, -0.15) is 0 Å². The number of hydrogen-bond acceptors (Lipinski definition) is 5. The lowest BCUT2D eigenvalue weighted by atomic mass is 10.1. The maximum Gasteiger partial charge on any atom is 0.237 e. The van der Waals surface area contributed by atoms with E-state index in [1.807, 2.05) is 11.9 Å². The van der Waals surface area contributed by atoms with E-state index in [4.69, 9.17) is 0 Å². The van der Waals surface area contributed by atoms with Gasteiger partial charge in [-0.3, -0.25) is 9.69 Å². The number of likely N-dealkylation sites (tertiary alicyclic amines) is 1. The van der Waals surface area contributed by atoms with Gasteiger partial charge < -0.3 is 10.2 Å². The van der Waals surface area contributed by atoms with Gasteiger partial charge in [0.05, 0.1) is 18.1 Å². The van der Waals surface area contributed by atoms with Gasteiger partial charge in [-0.25, -0.2) is 8.42 Å². The van der Waals surface area contributed by atoms with Gasteiger partial charge in [0.1, 0.15) is 0 Å². The first kappa shape index (κ1) is 18.7. The zero-order valence-electron chi connectivity index (χ0n) is 14.6. The lowest BCUT2D eigenvalue weighted by molar-refractivity contribution is -0.135. The molecule has 0 aromatic carbocycles. The van der Waals surface area contributed by atoms with Crippen molar-refractivity contribution in [1.82, 2.24) is 15.1 Å². The number of rotatable bonds is 6. The monoisotopic (exact) mass is 345 g/mol.